The maximum Gasteiger partial charge on any atom is 0.330 e. The minimum atomic E-state index is -0.239. The van der Waals surface area contributed by atoms with Gasteiger partial charge in [0.2, 0.25) is 0 Å². The van der Waals surface area contributed by atoms with Crippen molar-refractivity contribution in [2.75, 3.05) is 24.8 Å². The van der Waals surface area contributed by atoms with Crippen molar-refractivity contribution in [3.8, 4) is 17.2 Å². The smallest absolute Gasteiger partial charge is 0.330 e. The van der Waals surface area contributed by atoms with E-state index in [1.165, 1.54) is 11.8 Å². The Morgan fingerprint density at radius 1 is 1.14 bits per heavy atom. The Morgan fingerprint density at radius 2 is 1.82 bits per heavy atom. The number of nitrogens with one attached hydrogen (secondary N) is 2. The lowest BCUT2D eigenvalue weighted by Crippen LogP contribution is -2.18. The summed E-state index contributed by atoms with van der Waals surface area (Å²) in [5.41, 5.74) is 2.44. The molecule has 1 aliphatic rings. The van der Waals surface area contributed by atoms with E-state index in [-0.39, 0.29) is 11.6 Å². The highest BCUT2D eigenvalue weighted by Gasteiger charge is 2.17. The molecule has 0 atom stereocenters. The molecule has 1 aliphatic heterocycles. The Balaban J connectivity index is 1.58. The van der Waals surface area contributed by atoms with Crippen LogP contribution in [0.25, 0.3) is 5.69 Å². The zero-order valence-corrected chi connectivity index (χ0v) is 16.3. The van der Waals surface area contributed by atoms with Gasteiger partial charge in [0.05, 0.1) is 11.4 Å². The third kappa shape index (κ3) is 3.38. The summed E-state index contributed by atoms with van der Waals surface area (Å²) >= 11 is 1.52. The van der Waals surface area contributed by atoms with Crippen molar-refractivity contribution >= 4 is 23.4 Å². The number of carbonyl (C=O) groups excluding carboxylic acids is 1. The molecule has 8 heteroatoms. The van der Waals surface area contributed by atoms with E-state index in [1.807, 2.05) is 19.2 Å². The molecule has 0 saturated heterocycles. The molecule has 7 nitrogen and oxygen atoms in total. The van der Waals surface area contributed by atoms with Crippen LogP contribution in [0.3, 0.4) is 0 Å². The molecule has 2 heterocycles. The minimum Gasteiger partial charge on any atom is -0.486 e. The van der Waals surface area contributed by atoms with Crippen LogP contribution in [0, 0.1) is 6.92 Å². The summed E-state index contributed by atoms with van der Waals surface area (Å²) in [6, 6.07) is 10.5. The molecule has 144 valence electrons. The molecule has 3 aromatic rings. The molecule has 0 aliphatic carbocycles. The van der Waals surface area contributed by atoms with Crippen LogP contribution in [-0.4, -0.2) is 34.9 Å². The molecule has 0 bridgehead atoms. The largest absolute Gasteiger partial charge is 0.486 e. The van der Waals surface area contributed by atoms with Gasteiger partial charge >= 0.3 is 5.69 Å². The Kier molecular flexibility index (Phi) is 4.87. The summed E-state index contributed by atoms with van der Waals surface area (Å²) in [5.74, 6) is 1.07. The van der Waals surface area contributed by atoms with Crippen molar-refractivity contribution in [3.05, 3.63) is 64.3 Å². The Bertz CT molecular complexity index is 1090. The van der Waals surface area contributed by atoms with E-state index < -0.39 is 0 Å². The average Bonchev–Trinajstić information content (AvgIpc) is 3.05. The van der Waals surface area contributed by atoms with E-state index >= 15 is 0 Å². The number of amides is 1. The number of anilines is 1. The number of aromatic nitrogens is 2. The highest BCUT2D eigenvalue weighted by Crippen LogP contribution is 2.39. The summed E-state index contributed by atoms with van der Waals surface area (Å²) in [7, 11) is 0. The fraction of sp³-hybridized carbons (Fsp3) is 0.200. The molecule has 4 rings (SSSR count). The first kappa shape index (κ1) is 18.2. The number of hydrogen-bond donors (Lipinski definition) is 2. The molecule has 2 N–H and O–H groups in total. The first-order valence-electron chi connectivity index (χ1n) is 8.73. The number of hydrogen-bond acceptors (Lipinski definition) is 5. The predicted octanol–water partition coefficient (Wildman–Crippen LogP) is 3.22. The highest BCUT2D eigenvalue weighted by molar-refractivity contribution is 7.98. The third-order valence-corrected chi connectivity index (χ3v) is 5.24. The number of fused-ring (bicyclic) bond motifs is 1. The monoisotopic (exact) mass is 397 g/mol. The van der Waals surface area contributed by atoms with Crippen LogP contribution in [0.2, 0.25) is 0 Å². The second-order valence-corrected chi connectivity index (χ2v) is 7.12. The standard InChI is InChI=1S/C20H19N3O4S/c1-12-11-21-20(25)23(12)14-5-3-13(4-6-14)19(24)22-15-9-16-17(10-18(15)28-2)27-8-7-26-16/h3-6,9-11H,7-8H2,1-2H3,(H,21,25)(H,22,24). The molecule has 2 aromatic carbocycles. The maximum atomic E-state index is 12.7. The number of ether oxygens (including phenoxy) is 2. The Labute approximate surface area is 165 Å². The van der Waals surface area contributed by atoms with Gasteiger partial charge in [0.1, 0.15) is 13.2 Å². The number of carbonyl (C=O) groups is 1. The number of benzene rings is 2. The van der Waals surface area contributed by atoms with Crippen LogP contribution in [-0.2, 0) is 0 Å². The quantitative estimate of drug-likeness (QED) is 0.661. The topological polar surface area (TPSA) is 85.4 Å². The van der Waals surface area contributed by atoms with Crippen LogP contribution in [0.5, 0.6) is 11.5 Å². The number of aryl methyl sites for hydroxylation is 1. The van der Waals surface area contributed by atoms with Gasteiger partial charge < -0.3 is 19.8 Å². The van der Waals surface area contributed by atoms with Gasteiger partial charge in [0.15, 0.2) is 11.5 Å². The lowest BCUT2D eigenvalue weighted by Gasteiger charge is -2.21. The minimum absolute atomic E-state index is 0.212. The summed E-state index contributed by atoms with van der Waals surface area (Å²) in [4.78, 5) is 28.1. The van der Waals surface area contributed by atoms with E-state index in [9.17, 15) is 9.59 Å². The first-order valence-corrected chi connectivity index (χ1v) is 9.96. The third-order valence-electron chi connectivity index (χ3n) is 4.46. The Morgan fingerprint density at radius 3 is 2.43 bits per heavy atom. The first-order chi connectivity index (χ1) is 13.6. The molecular weight excluding hydrogens is 378 g/mol. The highest BCUT2D eigenvalue weighted by atomic mass is 32.2. The molecule has 0 saturated carbocycles. The fourth-order valence-corrected chi connectivity index (χ4v) is 3.62. The van der Waals surface area contributed by atoms with Crippen LogP contribution in [0.15, 0.2) is 52.3 Å². The van der Waals surface area contributed by atoms with Crippen LogP contribution in [0.1, 0.15) is 16.1 Å². The summed E-state index contributed by atoms with van der Waals surface area (Å²) in [6.07, 6.45) is 3.58. The number of nitrogens with zero attached hydrogens (tertiary/aromatic N) is 1. The van der Waals surface area contributed by atoms with Crippen LogP contribution in [0.4, 0.5) is 5.69 Å². The van der Waals surface area contributed by atoms with Gasteiger partial charge in [-0.2, -0.15) is 0 Å². The lowest BCUT2D eigenvalue weighted by atomic mass is 10.1. The van der Waals surface area contributed by atoms with Gasteiger partial charge in [0, 0.05) is 28.4 Å². The number of imidazole rings is 1. The molecule has 0 unspecified atom stereocenters. The molecule has 1 aromatic heterocycles. The summed E-state index contributed by atoms with van der Waals surface area (Å²) < 4.78 is 12.8. The van der Waals surface area contributed by atoms with Gasteiger partial charge in [-0.3, -0.25) is 9.36 Å². The zero-order chi connectivity index (χ0) is 19.7. The van der Waals surface area contributed by atoms with E-state index in [2.05, 4.69) is 10.3 Å². The van der Waals surface area contributed by atoms with E-state index in [4.69, 9.17) is 9.47 Å². The number of H-pyrrole nitrogens is 1. The van der Waals surface area contributed by atoms with Gasteiger partial charge in [-0.25, -0.2) is 4.79 Å². The van der Waals surface area contributed by atoms with Crippen molar-refractivity contribution in [1.82, 2.24) is 9.55 Å². The lowest BCUT2D eigenvalue weighted by molar-refractivity contribution is 0.102. The van der Waals surface area contributed by atoms with Crippen molar-refractivity contribution in [2.45, 2.75) is 11.8 Å². The summed E-state index contributed by atoms with van der Waals surface area (Å²) in [6.45, 7) is 2.84. The van der Waals surface area contributed by atoms with Gasteiger partial charge in [-0.05, 0) is 43.5 Å². The zero-order valence-electron chi connectivity index (χ0n) is 15.4. The molecule has 0 fully saturated rings. The van der Waals surface area contributed by atoms with E-state index in [1.54, 1.807) is 41.1 Å². The number of aromatic amines is 1. The molecule has 28 heavy (non-hydrogen) atoms. The number of rotatable bonds is 4. The predicted molar refractivity (Wildman–Crippen MR) is 108 cm³/mol. The van der Waals surface area contributed by atoms with Gasteiger partial charge in [0.25, 0.3) is 5.91 Å². The fourth-order valence-electron chi connectivity index (χ4n) is 3.07. The van der Waals surface area contributed by atoms with Crippen LogP contribution >= 0.6 is 11.8 Å². The van der Waals surface area contributed by atoms with E-state index in [0.29, 0.717) is 41.7 Å². The van der Waals surface area contributed by atoms with Crippen molar-refractivity contribution < 1.29 is 14.3 Å². The molecule has 0 radical (unpaired) electrons. The van der Waals surface area contributed by atoms with Gasteiger partial charge in [-0.15, -0.1) is 11.8 Å². The SMILES string of the molecule is CSc1cc2c(cc1NC(=O)c1ccc(-n3c(C)c[nH]c3=O)cc1)OCCO2. The summed E-state index contributed by atoms with van der Waals surface area (Å²) in [5, 5.41) is 2.93. The normalized spacial score (nSPS) is 12.6. The maximum absolute atomic E-state index is 12.7. The number of thioether (sulfide) groups is 1. The second-order valence-electron chi connectivity index (χ2n) is 6.27. The van der Waals surface area contributed by atoms with Crippen molar-refractivity contribution in [3.63, 3.8) is 0 Å². The van der Waals surface area contributed by atoms with Gasteiger partial charge in [-0.1, -0.05) is 0 Å². The second kappa shape index (κ2) is 7.47. The Hall–Kier alpha value is -3.13. The average molecular weight is 397 g/mol. The van der Waals surface area contributed by atoms with Crippen molar-refractivity contribution in [2.24, 2.45) is 0 Å². The van der Waals surface area contributed by atoms with Crippen LogP contribution < -0.4 is 20.5 Å². The van der Waals surface area contributed by atoms with E-state index in [0.717, 1.165) is 10.6 Å². The molecule has 0 spiro atoms. The van der Waals surface area contributed by atoms with Crippen molar-refractivity contribution in [1.29, 1.82) is 0 Å². The molecule has 1 amide bonds. The molecular formula is C20H19N3O4S.